The number of nitro groups is 1. The summed E-state index contributed by atoms with van der Waals surface area (Å²) in [6, 6.07) is 16.5. The number of halogens is 1. The third-order valence-corrected chi connectivity index (χ3v) is 7.04. The minimum absolute atomic E-state index is 0.199. The minimum Gasteiger partial charge on any atom is -0.497 e. The van der Waals surface area contributed by atoms with Gasteiger partial charge in [-0.3, -0.25) is 19.2 Å². The van der Waals surface area contributed by atoms with E-state index >= 15 is 0 Å². The first-order valence-corrected chi connectivity index (χ1v) is 11.8. The summed E-state index contributed by atoms with van der Waals surface area (Å²) in [5.41, 5.74) is 0.680. The largest absolute Gasteiger partial charge is 0.497 e. The van der Waals surface area contributed by atoms with Gasteiger partial charge in [-0.15, -0.1) is 0 Å². The summed E-state index contributed by atoms with van der Waals surface area (Å²) in [4.78, 5) is 23.1. The molecule has 33 heavy (non-hydrogen) atoms. The van der Waals surface area contributed by atoms with Gasteiger partial charge >= 0.3 is 0 Å². The van der Waals surface area contributed by atoms with Gasteiger partial charge in [-0.05, 0) is 61.5 Å². The molecule has 0 fully saturated rings. The predicted octanol–water partition coefficient (Wildman–Crippen LogP) is 4.51. The number of rotatable bonds is 8. The number of sulfonamides is 1. The molecule has 0 spiro atoms. The highest BCUT2D eigenvalue weighted by Crippen LogP contribution is 2.29. The molecule has 172 valence electrons. The third kappa shape index (κ3) is 5.68. The Bertz CT molecular complexity index is 1280. The van der Waals surface area contributed by atoms with E-state index < -0.39 is 27.4 Å². The van der Waals surface area contributed by atoms with Crippen LogP contribution >= 0.6 is 15.9 Å². The van der Waals surface area contributed by atoms with Crippen LogP contribution in [0.15, 0.2) is 76.1 Å². The van der Waals surface area contributed by atoms with Gasteiger partial charge in [0.25, 0.3) is 15.7 Å². The van der Waals surface area contributed by atoms with Crippen molar-refractivity contribution in [3.63, 3.8) is 0 Å². The average Bonchev–Trinajstić information content (AvgIpc) is 2.79. The first-order chi connectivity index (χ1) is 15.6. The molecule has 0 heterocycles. The van der Waals surface area contributed by atoms with Crippen LogP contribution in [-0.4, -0.2) is 32.9 Å². The first kappa shape index (κ1) is 24.2. The molecule has 0 aromatic heterocycles. The van der Waals surface area contributed by atoms with Crippen LogP contribution in [-0.2, 0) is 14.8 Å². The van der Waals surface area contributed by atoms with Crippen molar-refractivity contribution in [1.82, 2.24) is 0 Å². The summed E-state index contributed by atoms with van der Waals surface area (Å²) in [7, 11) is -2.85. The number of aryl methyl sites for hydroxylation is 1. The SMILES string of the molecule is COc1ccc(N(CC(=O)Nc2ccc(Br)cc2)S(=O)(=O)c2ccc(C)c([N+](=O)[O-])c2)cc1. The Balaban J connectivity index is 2.00. The van der Waals surface area contributed by atoms with Crippen molar-refractivity contribution in [3.05, 3.63) is 86.9 Å². The number of carbonyl (C=O) groups is 1. The molecule has 11 heteroatoms. The molecule has 0 bridgehead atoms. The molecule has 1 amide bonds. The number of hydrogen-bond donors (Lipinski definition) is 1. The van der Waals surface area contributed by atoms with Crippen LogP contribution in [0, 0.1) is 17.0 Å². The zero-order valence-corrected chi connectivity index (χ0v) is 20.1. The summed E-state index contributed by atoms with van der Waals surface area (Å²) in [5.74, 6) is -0.0836. The summed E-state index contributed by atoms with van der Waals surface area (Å²) in [6.07, 6.45) is 0. The number of hydrogen-bond acceptors (Lipinski definition) is 6. The molecule has 0 saturated heterocycles. The van der Waals surface area contributed by atoms with E-state index in [1.54, 1.807) is 36.4 Å². The van der Waals surface area contributed by atoms with Crippen LogP contribution in [0.2, 0.25) is 0 Å². The number of carbonyl (C=O) groups excluding carboxylic acids is 1. The highest BCUT2D eigenvalue weighted by atomic mass is 79.9. The van der Waals surface area contributed by atoms with E-state index in [0.29, 0.717) is 17.0 Å². The Morgan fingerprint density at radius 1 is 1.09 bits per heavy atom. The molecule has 3 rings (SSSR count). The normalized spacial score (nSPS) is 11.0. The third-order valence-electron chi connectivity index (χ3n) is 4.74. The molecule has 0 atom stereocenters. The Morgan fingerprint density at radius 2 is 1.73 bits per heavy atom. The average molecular weight is 534 g/mol. The van der Waals surface area contributed by atoms with Gasteiger partial charge in [0, 0.05) is 21.8 Å². The highest BCUT2D eigenvalue weighted by Gasteiger charge is 2.29. The van der Waals surface area contributed by atoms with Crippen molar-refractivity contribution < 1.29 is 22.9 Å². The predicted molar refractivity (Wildman–Crippen MR) is 128 cm³/mol. The molecule has 0 saturated carbocycles. The Morgan fingerprint density at radius 3 is 2.30 bits per heavy atom. The molecule has 0 radical (unpaired) electrons. The lowest BCUT2D eigenvalue weighted by molar-refractivity contribution is -0.385. The van der Waals surface area contributed by atoms with Gasteiger partial charge in [0.05, 0.1) is 22.6 Å². The molecule has 9 nitrogen and oxygen atoms in total. The molecule has 3 aromatic carbocycles. The number of nitro benzene ring substituents is 1. The molecule has 0 unspecified atom stereocenters. The molecule has 0 aliphatic heterocycles. The quantitative estimate of drug-likeness (QED) is 0.336. The number of benzene rings is 3. The minimum atomic E-state index is -4.32. The summed E-state index contributed by atoms with van der Waals surface area (Å²) in [5, 5.41) is 14.0. The molecule has 3 aromatic rings. The number of ether oxygens (including phenoxy) is 1. The van der Waals surface area contributed by atoms with Crippen molar-refractivity contribution in [1.29, 1.82) is 0 Å². The number of methoxy groups -OCH3 is 1. The zero-order valence-electron chi connectivity index (χ0n) is 17.7. The second kappa shape index (κ2) is 10.0. The topological polar surface area (TPSA) is 119 Å². The van der Waals surface area contributed by atoms with E-state index in [-0.39, 0.29) is 16.3 Å². The van der Waals surface area contributed by atoms with Gasteiger partial charge in [0.15, 0.2) is 0 Å². The van der Waals surface area contributed by atoms with Crippen molar-refractivity contribution in [2.75, 3.05) is 23.3 Å². The molecular weight excluding hydrogens is 514 g/mol. The zero-order chi connectivity index (χ0) is 24.2. The summed E-state index contributed by atoms with van der Waals surface area (Å²) < 4.78 is 33.8. The van der Waals surface area contributed by atoms with Crippen LogP contribution in [0.4, 0.5) is 17.1 Å². The first-order valence-electron chi connectivity index (χ1n) is 9.59. The monoisotopic (exact) mass is 533 g/mol. The highest BCUT2D eigenvalue weighted by molar-refractivity contribution is 9.10. The van der Waals surface area contributed by atoms with Crippen molar-refractivity contribution in [2.45, 2.75) is 11.8 Å². The van der Waals surface area contributed by atoms with E-state index in [2.05, 4.69) is 21.2 Å². The van der Waals surface area contributed by atoms with Crippen LogP contribution in [0.1, 0.15) is 5.56 Å². The van der Waals surface area contributed by atoms with Gasteiger partial charge in [-0.25, -0.2) is 8.42 Å². The number of nitrogens with zero attached hydrogens (tertiary/aromatic N) is 2. The fourth-order valence-electron chi connectivity index (χ4n) is 3.00. The smallest absolute Gasteiger partial charge is 0.273 e. The maximum absolute atomic E-state index is 13.5. The maximum Gasteiger partial charge on any atom is 0.273 e. The lowest BCUT2D eigenvalue weighted by atomic mass is 10.2. The lowest BCUT2D eigenvalue weighted by Gasteiger charge is -2.24. The van der Waals surface area contributed by atoms with Crippen molar-refractivity contribution >= 4 is 48.9 Å². The maximum atomic E-state index is 13.5. The van der Waals surface area contributed by atoms with Crippen LogP contribution in [0.3, 0.4) is 0 Å². The van der Waals surface area contributed by atoms with Crippen molar-refractivity contribution in [2.24, 2.45) is 0 Å². The van der Waals surface area contributed by atoms with Gasteiger partial charge < -0.3 is 10.1 Å². The molecule has 0 aliphatic carbocycles. The number of amides is 1. The van der Waals surface area contributed by atoms with Crippen LogP contribution in [0.5, 0.6) is 5.75 Å². The number of nitrogens with one attached hydrogen (secondary N) is 1. The lowest BCUT2D eigenvalue weighted by Crippen LogP contribution is -2.38. The van der Waals surface area contributed by atoms with E-state index in [4.69, 9.17) is 4.74 Å². The van der Waals surface area contributed by atoms with Gasteiger partial charge in [-0.1, -0.05) is 22.0 Å². The van der Waals surface area contributed by atoms with E-state index in [0.717, 1.165) is 14.8 Å². The molecule has 0 aliphatic rings. The fraction of sp³-hybridized carbons (Fsp3) is 0.136. The second-order valence-electron chi connectivity index (χ2n) is 6.97. The number of anilines is 2. The fourth-order valence-corrected chi connectivity index (χ4v) is 4.71. The Hall–Kier alpha value is -3.44. The van der Waals surface area contributed by atoms with Crippen molar-refractivity contribution in [3.8, 4) is 5.75 Å². The standard InChI is InChI=1S/C22H20BrN3O6S/c1-15-3-12-20(13-21(15)26(28)29)33(30,31)25(18-8-10-19(32-2)11-9-18)14-22(27)24-17-6-4-16(23)5-7-17/h3-13H,14H2,1-2H3,(H,24,27). The summed E-state index contributed by atoms with van der Waals surface area (Å²) in [6.45, 7) is 0.966. The second-order valence-corrected chi connectivity index (χ2v) is 9.75. The summed E-state index contributed by atoms with van der Waals surface area (Å²) >= 11 is 3.31. The van der Waals surface area contributed by atoms with E-state index in [9.17, 15) is 23.3 Å². The molecular formula is C22H20BrN3O6S. The van der Waals surface area contributed by atoms with Crippen LogP contribution < -0.4 is 14.4 Å². The van der Waals surface area contributed by atoms with Gasteiger partial charge in [0.2, 0.25) is 5.91 Å². The van der Waals surface area contributed by atoms with Gasteiger partial charge in [0.1, 0.15) is 12.3 Å². The molecule has 1 N–H and O–H groups in total. The van der Waals surface area contributed by atoms with E-state index in [1.165, 1.54) is 38.3 Å². The Kier molecular flexibility index (Phi) is 7.34. The van der Waals surface area contributed by atoms with Crippen LogP contribution in [0.25, 0.3) is 0 Å². The van der Waals surface area contributed by atoms with E-state index in [1.807, 2.05) is 0 Å². The van der Waals surface area contributed by atoms with Gasteiger partial charge in [-0.2, -0.15) is 0 Å². The Labute approximate surface area is 199 Å².